The lowest BCUT2D eigenvalue weighted by Crippen LogP contribution is -2.40. The maximum Gasteiger partial charge on any atom is 0.422 e. The Morgan fingerprint density at radius 1 is 1.31 bits per heavy atom. The third-order valence-electron chi connectivity index (χ3n) is 1.20. The van der Waals surface area contributed by atoms with Crippen LogP contribution in [0.25, 0.3) is 0 Å². The summed E-state index contributed by atoms with van der Waals surface area (Å²) in [6, 6.07) is 0. The molecule has 0 spiro atoms. The highest BCUT2D eigenvalue weighted by Crippen LogP contribution is 2.43. The molecule has 0 atom stereocenters. The van der Waals surface area contributed by atoms with Gasteiger partial charge in [-0.2, -0.15) is 17.6 Å². The minimum atomic E-state index is -5.24. The van der Waals surface area contributed by atoms with Crippen molar-refractivity contribution in [2.75, 3.05) is 0 Å². The first-order valence-corrected chi connectivity index (χ1v) is 4.25. The number of allylic oxidation sites excluding steroid dienone is 1. The van der Waals surface area contributed by atoms with Gasteiger partial charge < -0.3 is 5.11 Å². The summed E-state index contributed by atoms with van der Waals surface area (Å²) in [5.74, 6) is -6.23. The van der Waals surface area contributed by atoms with Gasteiger partial charge >= 0.3 is 12.0 Å². The summed E-state index contributed by atoms with van der Waals surface area (Å²) in [7, 11) is 0. The molecule has 0 bridgehead atoms. The molecule has 1 N–H and O–H groups in total. The molecule has 0 aliphatic carbocycles. The fourth-order valence-electron chi connectivity index (χ4n) is 0.458. The second kappa shape index (κ2) is 4.07. The maximum atomic E-state index is 12.5. The second-order valence-electron chi connectivity index (χ2n) is 2.19. The van der Waals surface area contributed by atoms with Gasteiger partial charge in [-0.3, -0.25) is 0 Å². The van der Waals surface area contributed by atoms with Gasteiger partial charge in [0.15, 0.2) is 0 Å². The molecule has 0 rings (SSSR count). The van der Waals surface area contributed by atoms with Gasteiger partial charge in [0, 0.05) is 0 Å². The molecule has 0 aromatic heterocycles. The molecule has 0 heterocycles. The van der Waals surface area contributed by atoms with Crippen LogP contribution in [0.4, 0.5) is 22.0 Å². The van der Waals surface area contributed by atoms with E-state index in [2.05, 4.69) is 0 Å². The van der Waals surface area contributed by atoms with Gasteiger partial charge in [-0.25, -0.2) is 4.39 Å². The van der Waals surface area contributed by atoms with Crippen LogP contribution < -0.4 is 0 Å². The number of hydrogen-bond acceptors (Lipinski definition) is 1. The molecule has 0 aliphatic rings. The van der Waals surface area contributed by atoms with Crippen molar-refractivity contribution < 1.29 is 27.1 Å². The fourth-order valence-corrected chi connectivity index (χ4v) is 1.16. The van der Waals surface area contributed by atoms with Crippen LogP contribution in [0.1, 0.15) is 13.3 Å². The highest BCUT2D eigenvalue weighted by Gasteiger charge is 2.58. The number of aliphatic hydroxyl groups is 1. The number of halogens is 6. The van der Waals surface area contributed by atoms with E-state index >= 15 is 0 Å². The molecule has 0 saturated heterocycles. The van der Waals surface area contributed by atoms with Crippen molar-refractivity contribution in [1.29, 1.82) is 0 Å². The predicted molar refractivity (Wildman–Crippen MR) is 44.6 cm³/mol. The zero-order chi connectivity index (χ0) is 10.9. The van der Waals surface area contributed by atoms with Crippen LogP contribution in [0.15, 0.2) is 9.41 Å². The Labute approximate surface area is 84.8 Å². The van der Waals surface area contributed by atoms with E-state index in [4.69, 9.17) is 5.11 Å². The summed E-state index contributed by atoms with van der Waals surface area (Å²) in [6.45, 7) is 1.19. The molecular weight excluding hydrogens is 310 g/mol. The van der Waals surface area contributed by atoms with Gasteiger partial charge in [0.2, 0.25) is 0 Å². The van der Waals surface area contributed by atoms with E-state index in [1.165, 1.54) is 6.92 Å². The zero-order valence-electron chi connectivity index (χ0n) is 6.42. The lowest BCUT2D eigenvalue weighted by Gasteiger charge is -2.21. The summed E-state index contributed by atoms with van der Waals surface area (Å²) in [4.78, 5) is 0. The summed E-state index contributed by atoms with van der Waals surface area (Å²) >= 11 is 0.750. The average Bonchev–Trinajstić information content (AvgIpc) is 1.99. The molecule has 0 aliphatic heterocycles. The van der Waals surface area contributed by atoms with E-state index in [9.17, 15) is 22.0 Å². The summed E-state index contributed by atoms with van der Waals surface area (Å²) in [6.07, 6.45) is -5.67. The zero-order valence-corrected chi connectivity index (χ0v) is 8.58. The standard InChI is InChI=1S/C6H6F5IO/c1-2-3(7)4(12)5(8,9)6(10,11)13/h13H,2H2,1H3. The molecule has 0 fully saturated rings. The number of hydrogen-bond donors (Lipinski definition) is 1. The second-order valence-corrected chi connectivity index (χ2v) is 3.27. The van der Waals surface area contributed by atoms with E-state index in [0.717, 1.165) is 22.6 Å². The molecule has 0 aromatic carbocycles. The summed E-state index contributed by atoms with van der Waals surface area (Å²) in [5.41, 5.74) is 0. The first-order chi connectivity index (χ1) is 5.64. The molecule has 0 radical (unpaired) electrons. The van der Waals surface area contributed by atoms with Crippen LogP contribution in [0.2, 0.25) is 0 Å². The largest absolute Gasteiger partial charge is 0.422 e. The van der Waals surface area contributed by atoms with Crippen molar-refractivity contribution in [3.05, 3.63) is 9.41 Å². The molecule has 13 heavy (non-hydrogen) atoms. The number of rotatable bonds is 3. The van der Waals surface area contributed by atoms with Gasteiger partial charge in [0.05, 0.1) is 0 Å². The van der Waals surface area contributed by atoms with Crippen molar-refractivity contribution >= 4 is 22.6 Å². The normalized spacial score (nSPS) is 15.7. The van der Waals surface area contributed by atoms with Crippen LogP contribution in [0.5, 0.6) is 0 Å². The van der Waals surface area contributed by atoms with E-state index in [1.54, 1.807) is 0 Å². The SMILES string of the molecule is CCC(F)=C(I)C(F)(F)C(O)(F)F. The van der Waals surface area contributed by atoms with Crippen LogP contribution in [0.3, 0.4) is 0 Å². The lowest BCUT2D eigenvalue weighted by atomic mass is 10.2. The van der Waals surface area contributed by atoms with Crippen LogP contribution in [0, 0.1) is 0 Å². The Hall–Kier alpha value is 0.0800. The third-order valence-corrected chi connectivity index (χ3v) is 2.46. The number of alkyl halides is 4. The van der Waals surface area contributed by atoms with E-state index in [-0.39, 0.29) is 0 Å². The Kier molecular flexibility index (Phi) is 4.10. The molecule has 1 nitrogen and oxygen atoms in total. The van der Waals surface area contributed by atoms with Crippen LogP contribution in [-0.4, -0.2) is 17.1 Å². The molecule has 0 unspecified atom stereocenters. The molecule has 0 aromatic rings. The molecular formula is C6H6F5IO. The third kappa shape index (κ3) is 2.76. The van der Waals surface area contributed by atoms with Gasteiger partial charge in [0.25, 0.3) is 0 Å². The van der Waals surface area contributed by atoms with Gasteiger partial charge in [-0.1, -0.05) is 6.92 Å². The molecule has 0 saturated carbocycles. The van der Waals surface area contributed by atoms with Crippen molar-refractivity contribution in [3.63, 3.8) is 0 Å². The molecule has 78 valence electrons. The topological polar surface area (TPSA) is 20.2 Å². The lowest BCUT2D eigenvalue weighted by molar-refractivity contribution is -0.307. The molecule has 7 heteroatoms. The highest BCUT2D eigenvalue weighted by atomic mass is 127. The van der Waals surface area contributed by atoms with Gasteiger partial charge in [0.1, 0.15) is 9.41 Å². The monoisotopic (exact) mass is 316 g/mol. The summed E-state index contributed by atoms with van der Waals surface area (Å²) < 4.78 is 59.6. The minimum Gasteiger partial charge on any atom is -0.331 e. The summed E-state index contributed by atoms with van der Waals surface area (Å²) in [5, 5.41) is 7.77. The van der Waals surface area contributed by atoms with Crippen LogP contribution >= 0.6 is 22.6 Å². The maximum absolute atomic E-state index is 12.5. The molecule has 0 amide bonds. The van der Waals surface area contributed by atoms with Crippen molar-refractivity contribution in [3.8, 4) is 0 Å². The van der Waals surface area contributed by atoms with Crippen molar-refractivity contribution in [2.24, 2.45) is 0 Å². The Bertz CT molecular complexity index is 220. The smallest absolute Gasteiger partial charge is 0.331 e. The Morgan fingerprint density at radius 3 is 1.92 bits per heavy atom. The van der Waals surface area contributed by atoms with Crippen molar-refractivity contribution in [2.45, 2.75) is 25.4 Å². The Balaban J connectivity index is 5.07. The van der Waals surface area contributed by atoms with E-state index in [1.807, 2.05) is 0 Å². The van der Waals surface area contributed by atoms with E-state index < -0.39 is 27.9 Å². The van der Waals surface area contributed by atoms with Gasteiger partial charge in [-0.15, -0.1) is 0 Å². The van der Waals surface area contributed by atoms with Crippen LogP contribution in [-0.2, 0) is 0 Å². The highest BCUT2D eigenvalue weighted by molar-refractivity contribution is 14.1. The first-order valence-electron chi connectivity index (χ1n) is 3.17. The fraction of sp³-hybridized carbons (Fsp3) is 0.667. The van der Waals surface area contributed by atoms with Gasteiger partial charge in [-0.05, 0) is 29.0 Å². The average molecular weight is 316 g/mol. The first kappa shape index (κ1) is 13.1. The van der Waals surface area contributed by atoms with E-state index in [0.29, 0.717) is 0 Å². The quantitative estimate of drug-likeness (QED) is 0.626. The van der Waals surface area contributed by atoms with Crippen molar-refractivity contribution in [1.82, 2.24) is 0 Å². The Morgan fingerprint density at radius 2 is 1.69 bits per heavy atom. The minimum absolute atomic E-state index is 0.427. The predicted octanol–water partition coefficient (Wildman–Crippen LogP) is 3.23.